The first kappa shape index (κ1) is 13.5. The molecule has 1 heterocycles. The van der Waals surface area contributed by atoms with Crippen molar-refractivity contribution in [2.75, 3.05) is 19.9 Å². The second kappa shape index (κ2) is 5.64. The smallest absolute Gasteiger partial charge is 0.327 e. The fraction of sp³-hybridized carbons (Fsp3) is 0.500. The van der Waals surface area contributed by atoms with Gasteiger partial charge in [-0.05, 0) is 0 Å². The van der Waals surface area contributed by atoms with E-state index in [4.69, 9.17) is 4.74 Å². The Labute approximate surface area is 98.4 Å². The number of ether oxygens (including phenoxy) is 2. The fourth-order valence-electron chi connectivity index (χ4n) is 0.962. The SMILES string of the molecule is CC(=O)OCCOCN1C=CC(=O)NS1(=O)=O. The summed E-state index contributed by atoms with van der Waals surface area (Å²) < 4.78 is 34.8. The molecule has 1 N–H and O–H groups in total. The maximum absolute atomic E-state index is 11.3. The number of carbonyl (C=O) groups is 2. The van der Waals surface area contributed by atoms with Crippen LogP contribution in [-0.4, -0.2) is 44.5 Å². The molecule has 0 spiro atoms. The Kier molecular flexibility index (Phi) is 4.46. The van der Waals surface area contributed by atoms with E-state index >= 15 is 0 Å². The molecule has 17 heavy (non-hydrogen) atoms. The quantitative estimate of drug-likeness (QED) is 0.490. The molecule has 0 saturated heterocycles. The maximum Gasteiger partial charge on any atom is 0.327 e. The highest BCUT2D eigenvalue weighted by Gasteiger charge is 2.24. The Morgan fingerprint density at radius 3 is 2.76 bits per heavy atom. The summed E-state index contributed by atoms with van der Waals surface area (Å²) in [6.45, 7) is 1.10. The lowest BCUT2D eigenvalue weighted by molar-refractivity contribution is -0.142. The van der Waals surface area contributed by atoms with Crippen molar-refractivity contribution in [3.05, 3.63) is 12.3 Å². The van der Waals surface area contributed by atoms with Gasteiger partial charge in [-0.25, -0.2) is 9.03 Å². The van der Waals surface area contributed by atoms with Crippen molar-refractivity contribution in [2.24, 2.45) is 0 Å². The molecule has 0 aromatic heterocycles. The number of esters is 1. The van der Waals surface area contributed by atoms with Crippen LogP contribution in [0.2, 0.25) is 0 Å². The molecular weight excluding hydrogens is 252 g/mol. The van der Waals surface area contributed by atoms with Gasteiger partial charge in [-0.15, -0.1) is 0 Å². The van der Waals surface area contributed by atoms with Gasteiger partial charge in [0.05, 0.1) is 6.61 Å². The average Bonchev–Trinajstić information content (AvgIpc) is 2.18. The monoisotopic (exact) mass is 264 g/mol. The summed E-state index contributed by atoms with van der Waals surface area (Å²) in [4.78, 5) is 21.2. The molecule has 8 nitrogen and oxygen atoms in total. The number of rotatable bonds is 5. The molecule has 9 heteroatoms. The third kappa shape index (κ3) is 4.41. The second-order valence-corrected chi connectivity index (χ2v) is 4.67. The minimum absolute atomic E-state index is 0.0410. The van der Waals surface area contributed by atoms with E-state index in [2.05, 4.69) is 4.74 Å². The van der Waals surface area contributed by atoms with Gasteiger partial charge in [0.2, 0.25) is 0 Å². The molecule has 0 saturated carbocycles. The minimum Gasteiger partial charge on any atom is -0.463 e. The third-order valence-corrected chi connectivity index (χ3v) is 2.99. The highest BCUT2D eigenvalue weighted by molar-refractivity contribution is 7.87. The van der Waals surface area contributed by atoms with Gasteiger partial charge in [-0.1, -0.05) is 0 Å². The van der Waals surface area contributed by atoms with Crippen LogP contribution in [0.1, 0.15) is 6.92 Å². The van der Waals surface area contributed by atoms with E-state index in [1.54, 1.807) is 4.72 Å². The largest absolute Gasteiger partial charge is 0.463 e. The van der Waals surface area contributed by atoms with Gasteiger partial charge in [0.15, 0.2) is 0 Å². The average molecular weight is 264 g/mol. The minimum atomic E-state index is -3.86. The highest BCUT2D eigenvalue weighted by Crippen LogP contribution is 2.04. The van der Waals surface area contributed by atoms with Crippen LogP contribution in [0.15, 0.2) is 12.3 Å². The zero-order valence-electron chi connectivity index (χ0n) is 9.08. The molecule has 0 atom stereocenters. The van der Waals surface area contributed by atoms with Crippen molar-refractivity contribution in [1.82, 2.24) is 9.03 Å². The lowest BCUT2D eigenvalue weighted by Gasteiger charge is -2.22. The van der Waals surface area contributed by atoms with Gasteiger partial charge in [0, 0.05) is 19.2 Å². The van der Waals surface area contributed by atoms with Gasteiger partial charge in [-0.3, -0.25) is 9.59 Å². The van der Waals surface area contributed by atoms with Crippen LogP contribution in [0.4, 0.5) is 0 Å². The van der Waals surface area contributed by atoms with Gasteiger partial charge in [0.1, 0.15) is 13.3 Å². The summed E-state index contributed by atoms with van der Waals surface area (Å²) in [5.74, 6) is -1.15. The van der Waals surface area contributed by atoms with E-state index in [0.717, 1.165) is 16.6 Å². The third-order valence-electron chi connectivity index (χ3n) is 1.68. The normalized spacial score (nSPS) is 17.7. The van der Waals surface area contributed by atoms with E-state index < -0.39 is 22.1 Å². The van der Waals surface area contributed by atoms with Gasteiger partial charge < -0.3 is 9.47 Å². The molecule has 0 aromatic carbocycles. The first-order valence-electron chi connectivity index (χ1n) is 4.64. The molecule has 1 rings (SSSR count). The first-order valence-corrected chi connectivity index (χ1v) is 6.08. The predicted octanol–water partition coefficient (Wildman–Crippen LogP) is -1.29. The molecule has 96 valence electrons. The number of hydrogen-bond acceptors (Lipinski definition) is 6. The molecule has 1 aliphatic heterocycles. The van der Waals surface area contributed by atoms with E-state index in [9.17, 15) is 18.0 Å². The lowest BCUT2D eigenvalue weighted by atomic mass is 10.6. The topological polar surface area (TPSA) is 102 Å². The molecule has 0 fully saturated rings. The number of hydrogen-bond donors (Lipinski definition) is 1. The van der Waals surface area contributed by atoms with Crippen molar-refractivity contribution in [3.63, 3.8) is 0 Å². The predicted molar refractivity (Wildman–Crippen MR) is 55.5 cm³/mol. The molecule has 0 aliphatic carbocycles. The van der Waals surface area contributed by atoms with Crippen molar-refractivity contribution in [2.45, 2.75) is 6.92 Å². The van der Waals surface area contributed by atoms with Gasteiger partial charge in [0.25, 0.3) is 5.91 Å². The van der Waals surface area contributed by atoms with Crippen LogP contribution in [0, 0.1) is 0 Å². The Bertz CT molecular complexity index is 429. The zero-order valence-corrected chi connectivity index (χ0v) is 9.90. The van der Waals surface area contributed by atoms with Crippen molar-refractivity contribution in [3.8, 4) is 0 Å². The number of nitrogens with zero attached hydrogens (tertiary/aromatic N) is 1. The molecular formula is C8H12N2O6S. The summed E-state index contributed by atoms with van der Waals surface area (Å²) in [5.41, 5.74) is 0. The lowest BCUT2D eigenvalue weighted by Crippen LogP contribution is -2.44. The van der Waals surface area contributed by atoms with E-state index in [1.165, 1.54) is 6.92 Å². The number of carbonyl (C=O) groups excluding carboxylic acids is 2. The highest BCUT2D eigenvalue weighted by atomic mass is 32.2. The summed E-state index contributed by atoms with van der Waals surface area (Å²) in [5, 5.41) is 0. The van der Waals surface area contributed by atoms with Crippen LogP contribution in [-0.2, 0) is 29.3 Å². The molecule has 0 radical (unpaired) electrons. The Balaban J connectivity index is 2.34. The van der Waals surface area contributed by atoms with Crippen LogP contribution in [0.25, 0.3) is 0 Å². The number of nitrogens with one attached hydrogen (secondary N) is 1. The molecule has 0 unspecified atom stereocenters. The van der Waals surface area contributed by atoms with Crippen LogP contribution < -0.4 is 4.72 Å². The summed E-state index contributed by atoms with van der Waals surface area (Å²) in [7, 11) is -3.86. The Hall–Kier alpha value is -1.61. The van der Waals surface area contributed by atoms with Crippen molar-refractivity contribution in [1.29, 1.82) is 0 Å². The molecule has 0 bridgehead atoms. The molecule has 1 aliphatic rings. The molecule has 0 aromatic rings. The van der Waals surface area contributed by atoms with Gasteiger partial charge >= 0.3 is 16.2 Å². The van der Waals surface area contributed by atoms with Crippen LogP contribution in [0.5, 0.6) is 0 Å². The van der Waals surface area contributed by atoms with Gasteiger partial charge in [-0.2, -0.15) is 8.42 Å². The van der Waals surface area contributed by atoms with E-state index in [0.29, 0.717) is 0 Å². The second-order valence-electron chi connectivity index (χ2n) is 3.05. The van der Waals surface area contributed by atoms with E-state index in [-0.39, 0.29) is 19.9 Å². The summed E-state index contributed by atoms with van der Waals surface area (Å²) in [6, 6.07) is 0. The zero-order chi connectivity index (χ0) is 12.9. The fourth-order valence-corrected chi connectivity index (χ4v) is 1.84. The Morgan fingerprint density at radius 2 is 2.18 bits per heavy atom. The summed E-state index contributed by atoms with van der Waals surface area (Å²) >= 11 is 0. The number of amides is 1. The molecule has 1 amide bonds. The summed E-state index contributed by atoms with van der Waals surface area (Å²) in [6.07, 6.45) is 2.16. The first-order chi connectivity index (χ1) is 7.92. The maximum atomic E-state index is 11.3. The standard InChI is InChI=1S/C8H12N2O6S/c1-7(11)16-5-4-15-6-10-3-2-8(12)9-17(10,13)14/h2-3H,4-6H2,1H3,(H,9,12). The van der Waals surface area contributed by atoms with E-state index in [1.807, 2.05) is 0 Å². The van der Waals surface area contributed by atoms with Crippen molar-refractivity contribution >= 4 is 22.1 Å². The van der Waals surface area contributed by atoms with Crippen LogP contribution >= 0.6 is 0 Å². The van der Waals surface area contributed by atoms with Crippen molar-refractivity contribution < 1.29 is 27.5 Å². The Morgan fingerprint density at radius 1 is 1.47 bits per heavy atom. The van der Waals surface area contributed by atoms with Crippen LogP contribution in [0.3, 0.4) is 0 Å².